The standard InChI is InChI=1S/C20H21F3N2O3S/c21-20(22,23)18-5-3-4-16(12-18)13-24-19(26)17-8-6-15(7-9-17)14-29(27,28)25-10-1-2-11-25/h3-9,12H,1-2,10-11,13-14H2,(H,24,26). The number of benzene rings is 2. The summed E-state index contributed by atoms with van der Waals surface area (Å²) in [6.45, 7) is 1.03. The van der Waals surface area contributed by atoms with Gasteiger partial charge in [0.15, 0.2) is 0 Å². The Balaban J connectivity index is 1.59. The Labute approximate surface area is 167 Å². The van der Waals surface area contributed by atoms with Gasteiger partial charge >= 0.3 is 6.18 Å². The van der Waals surface area contributed by atoms with Crippen LogP contribution in [0.3, 0.4) is 0 Å². The molecule has 29 heavy (non-hydrogen) atoms. The van der Waals surface area contributed by atoms with Crippen LogP contribution in [0.4, 0.5) is 13.2 Å². The van der Waals surface area contributed by atoms with Gasteiger partial charge in [0.25, 0.3) is 5.91 Å². The van der Waals surface area contributed by atoms with Gasteiger partial charge in [-0.25, -0.2) is 12.7 Å². The van der Waals surface area contributed by atoms with E-state index in [0.717, 1.165) is 25.0 Å². The number of rotatable bonds is 6. The summed E-state index contributed by atoms with van der Waals surface area (Å²) in [5.41, 5.74) is 0.444. The van der Waals surface area contributed by atoms with Crippen molar-refractivity contribution in [2.45, 2.75) is 31.3 Å². The van der Waals surface area contributed by atoms with E-state index in [2.05, 4.69) is 5.32 Å². The van der Waals surface area contributed by atoms with Gasteiger partial charge in [0.1, 0.15) is 0 Å². The Bertz CT molecular complexity index is 967. The molecule has 5 nitrogen and oxygen atoms in total. The molecule has 0 aliphatic carbocycles. The van der Waals surface area contributed by atoms with Crippen LogP contribution >= 0.6 is 0 Å². The van der Waals surface area contributed by atoms with E-state index in [1.54, 1.807) is 12.1 Å². The third-order valence-electron chi connectivity index (χ3n) is 4.73. The maximum Gasteiger partial charge on any atom is 0.416 e. The average molecular weight is 426 g/mol. The number of sulfonamides is 1. The Morgan fingerprint density at radius 2 is 1.66 bits per heavy atom. The van der Waals surface area contributed by atoms with Gasteiger partial charge in [0.05, 0.1) is 11.3 Å². The van der Waals surface area contributed by atoms with Crippen LogP contribution in [-0.4, -0.2) is 31.7 Å². The first-order valence-electron chi connectivity index (χ1n) is 9.16. The van der Waals surface area contributed by atoms with Gasteiger partial charge in [-0.3, -0.25) is 4.79 Å². The molecule has 0 spiro atoms. The van der Waals surface area contributed by atoms with Gasteiger partial charge in [-0.1, -0.05) is 24.3 Å². The van der Waals surface area contributed by atoms with Crippen molar-refractivity contribution in [1.29, 1.82) is 0 Å². The van der Waals surface area contributed by atoms with Crippen molar-refractivity contribution in [2.75, 3.05) is 13.1 Å². The van der Waals surface area contributed by atoms with Crippen molar-refractivity contribution in [3.63, 3.8) is 0 Å². The van der Waals surface area contributed by atoms with Crippen LogP contribution in [0.2, 0.25) is 0 Å². The maximum atomic E-state index is 12.8. The minimum atomic E-state index is -4.44. The lowest BCUT2D eigenvalue weighted by molar-refractivity contribution is -0.137. The summed E-state index contributed by atoms with van der Waals surface area (Å²) >= 11 is 0. The highest BCUT2D eigenvalue weighted by Gasteiger charge is 2.30. The normalized spacial score (nSPS) is 15.4. The SMILES string of the molecule is O=C(NCc1cccc(C(F)(F)F)c1)c1ccc(CS(=O)(=O)N2CCCC2)cc1. The molecule has 2 aromatic carbocycles. The lowest BCUT2D eigenvalue weighted by atomic mass is 10.1. The molecule has 3 rings (SSSR count). The summed E-state index contributed by atoms with van der Waals surface area (Å²) in [6.07, 6.45) is -2.71. The molecule has 1 aliphatic rings. The van der Waals surface area contributed by atoms with E-state index in [0.29, 0.717) is 29.8 Å². The number of nitrogens with zero attached hydrogens (tertiary/aromatic N) is 1. The van der Waals surface area contributed by atoms with Crippen LogP contribution in [0.1, 0.15) is 39.9 Å². The van der Waals surface area contributed by atoms with Crippen molar-refractivity contribution in [2.24, 2.45) is 0 Å². The van der Waals surface area contributed by atoms with E-state index in [4.69, 9.17) is 0 Å². The van der Waals surface area contributed by atoms with Crippen molar-refractivity contribution < 1.29 is 26.4 Å². The number of hydrogen-bond acceptors (Lipinski definition) is 3. The fourth-order valence-electron chi connectivity index (χ4n) is 3.16. The Hall–Kier alpha value is -2.39. The fourth-order valence-corrected chi connectivity index (χ4v) is 4.77. The highest BCUT2D eigenvalue weighted by molar-refractivity contribution is 7.88. The van der Waals surface area contributed by atoms with Gasteiger partial charge in [0.2, 0.25) is 10.0 Å². The molecule has 0 unspecified atom stereocenters. The number of halogens is 3. The average Bonchev–Trinajstić information content (AvgIpc) is 3.22. The predicted octanol–water partition coefficient (Wildman–Crippen LogP) is 3.56. The molecule has 1 heterocycles. The Kier molecular flexibility index (Phi) is 6.28. The monoisotopic (exact) mass is 426 g/mol. The zero-order chi connectivity index (χ0) is 21.1. The second-order valence-corrected chi connectivity index (χ2v) is 8.91. The highest BCUT2D eigenvalue weighted by Crippen LogP contribution is 2.29. The van der Waals surface area contributed by atoms with Gasteiger partial charge in [-0.2, -0.15) is 13.2 Å². The number of carbonyl (C=O) groups excluding carboxylic acids is 1. The molecule has 2 aromatic rings. The Morgan fingerprint density at radius 1 is 1.00 bits per heavy atom. The van der Waals surface area contributed by atoms with Gasteiger partial charge in [-0.15, -0.1) is 0 Å². The van der Waals surface area contributed by atoms with Crippen LogP contribution < -0.4 is 5.32 Å². The number of hydrogen-bond donors (Lipinski definition) is 1. The molecule has 1 N–H and O–H groups in total. The lowest BCUT2D eigenvalue weighted by Crippen LogP contribution is -2.29. The minimum absolute atomic E-state index is 0.0478. The minimum Gasteiger partial charge on any atom is -0.348 e. The van der Waals surface area contributed by atoms with Gasteiger partial charge in [0, 0.05) is 25.2 Å². The largest absolute Gasteiger partial charge is 0.416 e. The van der Waals surface area contributed by atoms with E-state index in [1.165, 1.54) is 28.6 Å². The zero-order valence-electron chi connectivity index (χ0n) is 15.6. The summed E-state index contributed by atoms with van der Waals surface area (Å²) in [7, 11) is -3.37. The van der Waals surface area contributed by atoms with Crippen molar-refractivity contribution >= 4 is 15.9 Å². The first kappa shape index (κ1) is 21.3. The molecule has 1 aliphatic heterocycles. The molecular formula is C20H21F3N2O3S. The summed E-state index contributed by atoms with van der Waals surface area (Å²) in [6, 6.07) is 10.9. The number of alkyl halides is 3. The van der Waals surface area contributed by atoms with E-state index < -0.39 is 27.7 Å². The van der Waals surface area contributed by atoms with Gasteiger partial charge < -0.3 is 5.32 Å². The topological polar surface area (TPSA) is 66.5 Å². The maximum absolute atomic E-state index is 12.8. The van der Waals surface area contributed by atoms with Gasteiger partial charge in [-0.05, 0) is 48.2 Å². The predicted molar refractivity (Wildman–Crippen MR) is 102 cm³/mol. The summed E-state index contributed by atoms with van der Waals surface area (Å²) in [5.74, 6) is -0.574. The van der Waals surface area contributed by atoms with Crippen molar-refractivity contribution in [3.05, 3.63) is 70.8 Å². The van der Waals surface area contributed by atoms with Crippen LogP contribution in [0.25, 0.3) is 0 Å². The molecule has 1 fully saturated rings. The molecule has 156 valence electrons. The molecule has 0 saturated carbocycles. The molecule has 0 atom stereocenters. The first-order chi connectivity index (χ1) is 13.6. The third-order valence-corrected chi connectivity index (χ3v) is 6.58. The number of carbonyl (C=O) groups is 1. The van der Waals surface area contributed by atoms with E-state index in [9.17, 15) is 26.4 Å². The molecule has 9 heteroatoms. The summed E-state index contributed by atoms with van der Waals surface area (Å²) in [5, 5.41) is 2.57. The zero-order valence-corrected chi connectivity index (χ0v) is 16.4. The summed E-state index contributed by atoms with van der Waals surface area (Å²) in [4.78, 5) is 12.2. The smallest absolute Gasteiger partial charge is 0.348 e. The number of nitrogens with one attached hydrogen (secondary N) is 1. The van der Waals surface area contributed by atoms with Crippen molar-refractivity contribution in [3.8, 4) is 0 Å². The fraction of sp³-hybridized carbons (Fsp3) is 0.350. The van der Waals surface area contributed by atoms with Crippen LogP contribution in [0.5, 0.6) is 0 Å². The van der Waals surface area contributed by atoms with E-state index in [1.807, 2.05) is 0 Å². The van der Waals surface area contributed by atoms with E-state index >= 15 is 0 Å². The molecular weight excluding hydrogens is 405 g/mol. The number of amides is 1. The molecule has 1 amide bonds. The second-order valence-electron chi connectivity index (χ2n) is 6.94. The highest BCUT2D eigenvalue weighted by atomic mass is 32.2. The molecule has 0 bridgehead atoms. The van der Waals surface area contributed by atoms with Crippen molar-refractivity contribution in [1.82, 2.24) is 9.62 Å². The third kappa shape index (κ3) is 5.57. The summed E-state index contributed by atoms with van der Waals surface area (Å²) < 4.78 is 64.4. The first-order valence-corrected chi connectivity index (χ1v) is 10.8. The van der Waals surface area contributed by atoms with Crippen LogP contribution in [0, 0.1) is 0 Å². The van der Waals surface area contributed by atoms with Crippen LogP contribution in [0.15, 0.2) is 48.5 Å². The lowest BCUT2D eigenvalue weighted by Gasteiger charge is -2.15. The molecule has 1 saturated heterocycles. The van der Waals surface area contributed by atoms with Crippen LogP contribution in [-0.2, 0) is 28.5 Å². The Morgan fingerprint density at radius 3 is 2.28 bits per heavy atom. The second kappa shape index (κ2) is 8.54. The van der Waals surface area contributed by atoms with E-state index in [-0.39, 0.29) is 12.3 Å². The quantitative estimate of drug-likeness (QED) is 0.768. The molecule has 0 aromatic heterocycles. The molecule has 0 radical (unpaired) electrons.